The van der Waals surface area contributed by atoms with Crippen molar-refractivity contribution in [1.29, 1.82) is 0 Å². The van der Waals surface area contributed by atoms with Crippen molar-refractivity contribution in [3.63, 3.8) is 0 Å². The van der Waals surface area contributed by atoms with Crippen LogP contribution in [0.1, 0.15) is 26.7 Å². The first-order valence-corrected chi connectivity index (χ1v) is 7.31. The average Bonchev–Trinajstić information content (AvgIpc) is 2.52. The Labute approximate surface area is 103 Å². The number of thioether (sulfide) groups is 1. The maximum atomic E-state index is 9.48. The summed E-state index contributed by atoms with van der Waals surface area (Å²) in [5.41, 5.74) is 0. The molecule has 3 nitrogen and oxygen atoms in total. The summed E-state index contributed by atoms with van der Waals surface area (Å²) in [7, 11) is 0. The third-order valence-electron chi connectivity index (χ3n) is 3.61. The molecule has 0 aromatic heterocycles. The van der Waals surface area contributed by atoms with E-state index in [0.29, 0.717) is 10.8 Å². The van der Waals surface area contributed by atoms with Crippen LogP contribution >= 0.6 is 11.8 Å². The van der Waals surface area contributed by atoms with E-state index in [9.17, 15) is 5.11 Å². The van der Waals surface area contributed by atoms with Crippen LogP contribution in [-0.4, -0.2) is 58.8 Å². The van der Waals surface area contributed by atoms with E-state index in [4.69, 9.17) is 0 Å². The second-order valence-corrected chi connectivity index (χ2v) is 7.46. The maximum absolute atomic E-state index is 9.48. The predicted octanol–water partition coefficient (Wildman–Crippen LogP) is 0.927. The Balaban J connectivity index is 1.77. The van der Waals surface area contributed by atoms with Crippen LogP contribution in [0.3, 0.4) is 0 Å². The number of nitrogens with one attached hydrogen (secondary N) is 1. The van der Waals surface area contributed by atoms with E-state index < -0.39 is 0 Å². The van der Waals surface area contributed by atoms with Gasteiger partial charge in [-0.1, -0.05) is 13.8 Å². The minimum absolute atomic E-state index is 0.122. The van der Waals surface area contributed by atoms with Crippen LogP contribution in [-0.2, 0) is 0 Å². The highest BCUT2D eigenvalue weighted by atomic mass is 32.2. The zero-order valence-corrected chi connectivity index (χ0v) is 11.2. The molecule has 0 aliphatic carbocycles. The molecule has 2 heterocycles. The van der Waals surface area contributed by atoms with Crippen molar-refractivity contribution in [3.8, 4) is 0 Å². The topological polar surface area (TPSA) is 35.5 Å². The Morgan fingerprint density at radius 2 is 2.25 bits per heavy atom. The van der Waals surface area contributed by atoms with E-state index in [1.807, 2.05) is 0 Å². The van der Waals surface area contributed by atoms with Crippen LogP contribution in [0.15, 0.2) is 0 Å². The van der Waals surface area contributed by atoms with Gasteiger partial charge in [0.05, 0.1) is 6.10 Å². The van der Waals surface area contributed by atoms with Crippen molar-refractivity contribution in [1.82, 2.24) is 10.2 Å². The Hall–Kier alpha value is 0.230. The van der Waals surface area contributed by atoms with Gasteiger partial charge in [0.1, 0.15) is 0 Å². The minimum Gasteiger partial charge on any atom is -0.392 e. The molecule has 0 bridgehead atoms. The summed E-state index contributed by atoms with van der Waals surface area (Å²) in [4.78, 5) is 2.55. The van der Waals surface area contributed by atoms with Crippen LogP contribution in [0.5, 0.6) is 0 Å². The first kappa shape index (κ1) is 12.7. The first-order chi connectivity index (χ1) is 7.55. The molecule has 94 valence electrons. The molecule has 0 spiro atoms. The summed E-state index contributed by atoms with van der Waals surface area (Å²) in [5, 5.41) is 12.9. The van der Waals surface area contributed by atoms with Crippen molar-refractivity contribution in [2.24, 2.45) is 0 Å². The molecule has 2 N–H and O–H groups in total. The van der Waals surface area contributed by atoms with Gasteiger partial charge in [-0.25, -0.2) is 0 Å². The van der Waals surface area contributed by atoms with Gasteiger partial charge in [-0.3, -0.25) is 0 Å². The smallest absolute Gasteiger partial charge is 0.0680 e. The van der Waals surface area contributed by atoms with E-state index >= 15 is 0 Å². The maximum Gasteiger partial charge on any atom is 0.0680 e. The van der Waals surface area contributed by atoms with Crippen LogP contribution in [0.2, 0.25) is 0 Å². The van der Waals surface area contributed by atoms with Crippen molar-refractivity contribution in [2.75, 3.05) is 31.9 Å². The lowest BCUT2D eigenvalue weighted by atomic mass is 10.1. The number of aliphatic hydroxyl groups is 1. The molecule has 2 aliphatic heterocycles. The third-order valence-corrected chi connectivity index (χ3v) is 4.98. The highest BCUT2D eigenvalue weighted by Gasteiger charge is 2.27. The molecule has 2 aliphatic rings. The van der Waals surface area contributed by atoms with Gasteiger partial charge in [0, 0.05) is 36.2 Å². The van der Waals surface area contributed by atoms with Crippen molar-refractivity contribution in [3.05, 3.63) is 0 Å². The summed E-state index contributed by atoms with van der Waals surface area (Å²) >= 11 is 2.09. The zero-order valence-electron chi connectivity index (χ0n) is 10.4. The van der Waals surface area contributed by atoms with E-state index in [1.165, 1.54) is 25.3 Å². The van der Waals surface area contributed by atoms with Gasteiger partial charge in [-0.05, 0) is 19.4 Å². The summed E-state index contributed by atoms with van der Waals surface area (Å²) in [6.45, 7) is 8.97. The molecular weight excluding hydrogens is 220 g/mol. The Kier molecular flexibility index (Phi) is 4.16. The molecular formula is C12H24N2OS. The fraction of sp³-hybridized carbons (Fsp3) is 1.00. The molecule has 0 saturated carbocycles. The van der Waals surface area contributed by atoms with E-state index in [0.717, 1.165) is 19.5 Å². The standard InChI is InChI=1S/C12H24N2OS/c1-12(2)3-4-14(5-6-16-12)9-10-7-11(15)8-13-10/h10-11,13,15H,3-9H2,1-2H3. The van der Waals surface area contributed by atoms with Gasteiger partial charge < -0.3 is 15.3 Å². The number of hydrogen-bond acceptors (Lipinski definition) is 4. The van der Waals surface area contributed by atoms with E-state index in [-0.39, 0.29) is 6.10 Å². The molecule has 4 heteroatoms. The number of β-amino-alcohol motifs (C(OH)–C–C–N with tert-alkyl or cyclic N) is 1. The summed E-state index contributed by atoms with van der Waals surface area (Å²) in [6, 6.07) is 0.501. The highest BCUT2D eigenvalue weighted by Crippen LogP contribution is 2.30. The van der Waals surface area contributed by atoms with Gasteiger partial charge in [-0.15, -0.1) is 0 Å². The van der Waals surface area contributed by atoms with E-state index in [1.54, 1.807) is 0 Å². The second-order valence-electron chi connectivity index (χ2n) is 5.65. The number of nitrogens with zero attached hydrogens (tertiary/aromatic N) is 1. The Morgan fingerprint density at radius 1 is 1.44 bits per heavy atom. The quantitative estimate of drug-likeness (QED) is 0.757. The number of hydrogen-bond donors (Lipinski definition) is 2. The molecule has 2 saturated heterocycles. The van der Waals surface area contributed by atoms with Crippen LogP contribution in [0.4, 0.5) is 0 Å². The SMILES string of the molecule is CC1(C)CCN(CC2CC(O)CN2)CCS1. The zero-order chi connectivity index (χ0) is 11.6. The molecule has 2 rings (SSSR count). The van der Waals surface area contributed by atoms with Crippen molar-refractivity contribution in [2.45, 2.75) is 43.6 Å². The second kappa shape index (κ2) is 5.25. The van der Waals surface area contributed by atoms with Gasteiger partial charge in [-0.2, -0.15) is 11.8 Å². The average molecular weight is 244 g/mol. The molecule has 2 atom stereocenters. The number of rotatable bonds is 2. The Morgan fingerprint density at radius 3 is 2.94 bits per heavy atom. The molecule has 0 radical (unpaired) electrons. The van der Waals surface area contributed by atoms with Crippen LogP contribution in [0.25, 0.3) is 0 Å². The fourth-order valence-corrected chi connectivity index (χ4v) is 3.63. The molecule has 16 heavy (non-hydrogen) atoms. The van der Waals surface area contributed by atoms with Crippen molar-refractivity contribution >= 4 is 11.8 Å². The lowest BCUT2D eigenvalue weighted by Gasteiger charge is -2.24. The highest BCUT2D eigenvalue weighted by molar-refractivity contribution is 8.00. The third kappa shape index (κ3) is 3.62. The van der Waals surface area contributed by atoms with Gasteiger partial charge in [0.2, 0.25) is 0 Å². The molecule has 0 aromatic rings. The van der Waals surface area contributed by atoms with E-state index in [2.05, 4.69) is 35.8 Å². The lowest BCUT2D eigenvalue weighted by molar-refractivity contribution is 0.187. The normalized spacial score (nSPS) is 36.2. The summed E-state index contributed by atoms with van der Waals surface area (Å²) < 4.78 is 0.442. The molecule has 2 fully saturated rings. The Bertz CT molecular complexity index is 235. The lowest BCUT2D eigenvalue weighted by Crippen LogP contribution is -2.38. The monoisotopic (exact) mass is 244 g/mol. The molecule has 0 amide bonds. The predicted molar refractivity (Wildman–Crippen MR) is 70.0 cm³/mol. The summed E-state index contributed by atoms with van der Waals surface area (Å²) in [5.74, 6) is 1.24. The fourth-order valence-electron chi connectivity index (χ4n) is 2.49. The molecule has 2 unspecified atom stereocenters. The van der Waals surface area contributed by atoms with Gasteiger partial charge in [0.25, 0.3) is 0 Å². The minimum atomic E-state index is -0.122. The summed E-state index contributed by atoms with van der Waals surface area (Å²) in [6.07, 6.45) is 2.07. The van der Waals surface area contributed by atoms with Crippen LogP contribution in [0, 0.1) is 0 Å². The van der Waals surface area contributed by atoms with Crippen LogP contribution < -0.4 is 5.32 Å². The van der Waals surface area contributed by atoms with Crippen molar-refractivity contribution < 1.29 is 5.11 Å². The van der Waals surface area contributed by atoms with Gasteiger partial charge in [0.15, 0.2) is 0 Å². The van der Waals surface area contributed by atoms with Gasteiger partial charge >= 0.3 is 0 Å². The first-order valence-electron chi connectivity index (χ1n) is 6.33. The number of aliphatic hydroxyl groups excluding tert-OH is 1. The molecule has 0 aromatic carbocycles. The largest absolute Gasteiger partial charge is 0.392 e.